The average molecular weight is 502 g/mol. The number of piperidine rings is 1. The van der Waals surface area contributed by atoms with Crippen molar-refractivity contribution in [2.24, 2.45) is 11.5 Å². The van der Waals surface area contributed by atoms with Gasteiger partial charge in [-0.2, -0.15) is 0 Å². The third-order valence-corrected chi connectivity index (χ3v) is 7.04. The number of aromatic nitrogens is 2. The van der Waals surface area contributed by atoms with Gasteiger partial charge in [-0.15, -0.1) is 0 Å². The number of unbranched alkanes of at least 4 members (excludes halogenated alkanes) is 1. The van der Waals surface area contributed by atoms with Gasteiger partial charge < -0.3 is 26.2 Å². The molecule has 11 heteroatoms. The number of hydrogen-bond acceptors (Lipinski definition) is 7. The smallest absolute Gasteiger partial charge is 0.328 e. The first-order valence-electron chi connectivity index (χ1n) is 10.7. The lowest BCUT2D eigenvalue weighted by Crippen LogP contribution is -2.60. The predicted octanol–water partition coefficient (Wildman–Crippen LogP) is -0.171. The van der Waals surface area contributed by atoms with E-state index in [4.69, 9.17) is 16.2 Å². The second-order valence-electron chi connectivity index (χ2n) is 8.90. The van der Waals surface area contributed by atoms with Gasteiger partial charge in [0, 0.05) is 25.7 Å². The van der Waals surface area contributed by atoms with E-state index in [2.05, 4.69) is 20.9 Å². The molecular weight excluding hydrogens is 470 g/mol. The second kappa shape index (κ2) is 9.53. The highest BCUT2D eigenvalue weighted by Gasteiger charge is 2.50. The Bertz CT molecular complexity index is 906. The van der Waals surface area contributed by atoms with Crippen LogP contribution in [0.2, 0.25) is 0 Å². The summed E-state index contributed by atoms with van der Waals surface area (Å²) in [5, 5.41) is 11.2. The summed E-state index contributed by atoms with van der Waals surface area (Å²) in [4.78, 5) is 40.5. The number of carbonyl (C=O) groups is 1. The van der Waals surface area contributed by atoms with Gasteiger partial charge in [0.2, 0.25) is 5.91 Å². The minimum absolute atomic E-state index is 0.0584. The number of halogens is 1. The Morgan fingerprint density at radius 1 is 1.39 bits per heavy atom. The van der Waals surface area contributed by atoms with Crippen molar-refractivity contribution < 1.29 is 14.6 Å². The molecule has 2 fully saturated rings. The molecule has 3 rings (SSSR count). The van der Waals surface area contributed by atoms with Crippen LogP contribution < -0.4 is 22.7 Å². The maximum absolute atomic E-state index is 12.6. The third-order valence-electron chi connectivity index (χ3n) is 6.48. The lowest BCUT2D eigenvalue weighted by Gasteiger charge is -2.51. The second-order valence-corrected chi connectivity index (χ2v) is 9.76. The van der Waals surface area contributed by atoms with Crippen LogP contribution in [-0.2, 0) is 9.53 Å². The average Bonchev–Trinajstić information content (AvgIpc) is 2.71. The highest BCUT2D eigenvalue weighted by atomic mass is 79.9. The van der Waals surface area contributed by atoms with Gasteiger partial charge in [-0.05, 0) is 55.1 Å². The number of likely N-dealkylation sites (tertiary alicyclic amines) is 1. The van der Waals surface area contributed by atoms with Crippen molar-refractivity contribution in [2.75, 3.05) is 26.2 Å². The summed E-state index contributed by atoms with van der Waals surface area (Å²) in [6.07, 6.45) is 5.17. The minimum Gasteiger partial charge on any atom is -0.388 e. The van der Waals surface area contributed by atoms with Gasteiger partial charge in [-0.25, -0.2) is 4.79 Å². The van der Waals surface area contributed by atoms with Crippen molar-refractivity contribution in [1.82, 2.24) is 14.5 Å². The van der Waals surface area contributed by atoms with Crippen molar-refractivity contribution >= 4 is 21.8 Å². The van der Waals surface area contributed by atoms with E-state index in [1.807, 2.05) is 0 Å². The Hall–Kier alpha value is -1.53. The van der Waals surface area contributed by atoms with E-state index in [9.17, 15) is 19.5 Å². The minimum atomic E-state index is -1.23. The first-order chi connectivity index (χ1) is 14.6. The number of H-pyrrole nitrogens is 1. The van der Waals surface area contributed by atoms with E-state index in [-0.39, 0.29) is 17.0 Å². The first-order valence-corrected chi connectivity index (χ1v) is 11.5. The molecule has 2 aliphatic heterocycles. The van der Waals surface area contributed by atoms with Crippen molar-refractivity contribution in [1.29, 1.82) is 0 Å². The van der Waals surface area contributed by atoms with E-state index >= 15 is 0 Å². The number of hydrogen-bond donors (Lipinski definition) is 4. The SMILES string of the molecule is C[C@]1(O)CC2(CCN(C(=O)[C@@H](N)CCCCN)CC2)OC[C@@H]1n1cc(Br)c(=O)[nH]c1=O. The van der Waals surface area contributed by atoms with Crippen LogP contribution in [0, 0.1) is 0 Å². The Kier molecular flexibility index (Phi) is 7.42. The molecule has 10 nitrogen and oxygen atoms in total. The summed E-state index contributed by atoms with van der Waals surface area (Å²) in [6, 6.07) is -1.17. The molecule has 0 saturated carbocycles. The number of nitrogens with two attached hydrogens (primary N) is 2. The summed E-state index contributed by atoms with van der Waals surface area (Å²) in [7, 11) is 0. The highest BCUT2D eigenvalue weighted by Crippen LogP contribution is 2.43. The van der Waals surface area contributed by atoms with Gasteiger partial charge in [-0.3, -0.25) is 19.1 Å². The monoisotopic (exact) mass is 501 g/mol. The summed E-state index contributed by atoms with van der Waals surface area (Å²) in [6.45, 7) is 3.41. The Morgan fingerprint density at radius 2 is 2.06 bits per heavy atom. The molecule has 0 unspecified atom stereocenters. The summed E-state index contributed by atoms with van der Waals surface area (Å²) in [5.74, 6) is -0.0584. The fourth-order valence-corrected chi connectivity index (χ4v) is 4.97. The standard InChI is InChI=1S/C20H32BrN5O5/c1-19(30)12-20(31-11-15(19)26-10-13(21)16(27)24-18(26)29)5-8-25(9-6-20)17(28)14(23)4-2-3-7-22/h10,14-15,30H,2-9,11-12,22-23H2,1H3,(H,24,27,29)/t14-,15-,19-/m0/s1. The van der Waals surface area contributed by atoms with Gasteiger partial charge in [0.05, 0.1) is 34.4 Å². The molecule has 6 N–H and O–H groups in total. The van der Waals surface area contributed by atoms with Crippen molar-refractivity contribution in [3.05, 3.63) is 31.5 Å². The van der Waals surface area contributed by atoms with Gasteiger partial charge in [0.15, 0.2) is 0 Å². The van der Waals surface area contributed by atoms with Crippen LogP contribution in [0.1, 0.15) is 51.5 Å². The van der Waals surface area contributed by atoms with Gasteiger partial charge >= 0.3 is 5.69 Å². The molecule has 1 amide bonds. The first kappa shape index (κ1) is 24.1. The molecule has 31 heavy (non-hydrogen) atoms. The van der Waals surface area contributed by atoms with Crippen LogP contribution >= 0.6 is 15.9 Å². The van der Waals surface area contributed by atoms with Crippen LogP contribution in [0.5, 0.6) is 0 Å². The molecule has 0 aliphatic carbocycles. The molecule has 0 radical (unpaired) electrons. The van der Waals surface area contributed by atoms with Crippen molar-refractivity contribution in [3.8, 4) is 0 Å². The van der Waals surface area contributed by atoms with Crippen LogP contribution in [0.3, 0.4) is 0 Å². The summed E-state index contributed by atoms with van der Waals surface area (Å²) >= 11 is 3.13. The zero-order chi connectivity index (χ0) is 22.8. The molecule has 0 aromatic carbocycles. The Balaban J connectivity index is 1.64. The normalized spacial score (nSPS) is 26.7. The lowest BCUT2D eigenvalue weighted by molar-refractivity contribution is -0.198. The Labute approximate surface area is 189 Å². The fourth-order valence-electron chi connectivity index (χ4n) is 4.65. The zero-order valence-corrected chi connectivity index (χ0v) is 19.4. The highest BCUT2D eigenvalue weighted by molar-refractivity contribution is 9.10. The number of rotatable bonds is 6. The largest absolute Gasteiger partial charge is 0.388 e. The van der Waals surface area contributed by atoms with Crippen LogP contribution in [0.15, 0.2) is 20.3 Å². The predicted molar refractivity (Wildman–Crippen MR) is 119 cm³/mol. The maximum atomic E-state index is 12.6. The molecule has 3 heterocycles. The topological polar surface area (TPSA) is 157 Å². The molecule has 0 bridgehead atoms. The van der Waals surface area contributed by atoms with E-state index in [1.54, 1.807) is 11.8 Å². The fraction of sp³-hybridized carbons (Fsp3) is 0.750. The number of ether oxygens (including phenoxy) is 1. The number of nitrogens with zero attached hydrogens (tertiary/aromatic N) is 2. The summed E-state index contributed by atoms with van der Waals surface area (Å²) < 4.78 is 7.70. The van der Waals surface area contributed by atoms with E-state index in [0.29, 0.717) is 45.3 Å². The number of amides is 1. The number of aromatic amines is 1. The van der Waals surface area contributed by atoms with Crippen molar-refractivity contribution in [3.63, 3.8) is 0 Å². The Morgan fingerprint density at radius 3 is 2.68 bits per heavy atom. The van der Waals surface area contributed by atoms with Crippen LogP contribution in [0.25, 0.3) is 0 Å². The molecule has 174 valence electrons. The van der Waals surface area contributed by atoms with Crippen LogP contribution in [0.4, 0.5) is 0 Å². The van der Waals surface area contributed by atoms with E-state index in [1.165, 1.54) is 10.8 Å². The zero-order valence-electron chi connectivity index (χ0n) is 17.8. The third kappa shape index (κ3) is 5.28. The van der Waals surface area contributed by atoms with E-state index in [0.717, 1.165) is 12.8 Å². The van der Waals surface area contributed by atoms with Gasteiger partial charge in [0.25, 0.3) is 5.56 Å². The van der Waals surface area contributed by atoms with Gasteiger partial charge in [0.1, 0.15) is 0 Å². The molecule has 2 aliphatic rings. The number of carbonyl (C=O) groups excluding carboxylic acids is 1. The molecular formula is C20H32BrN5O5. The molecule has 2 saturated heterocycles. The van der Waals surface area contributed by atoms with Gasteiger partial charge in [-0.1, -0.05) is 6.42 Å². The number of aliphatic hydroxyl groups is 1. The maximum Gasteiger partial charge on any atom is 0.328 e. The molecule has 3 atom stereocenters. The quantitative estimate of drug-likeness (QED) is 0.394. The van der Waals surface area contributed by atoms with Crippen LogP contribution in [-0.4, -0.2) is 68.9 Å². The molecule has 1 spiro atoms. The van der Waals surface area contributed by atoms with Crippen molar-refractivity contribution in [2.45, 2.75) is 68.7 Å². The number of nitrogens with one attached hydrogen (secondary N) is 1. The molecule has 1 aromatic rings. The summed E-state index contributed by atoms with van der Waals surface area (Å²) in [5.41, 5.74) is 8.64. The molecule has 1 aromatic heterocycles. The van der Waals surface area contributed by atoms with E-state index < -0.39 is 34.5 Å². The lowest BCUT2D eigenvalue weighted by atomic mass is 9.75.